The lowest BCUT2D eigenvalue weighted by Gasteiger charge is -2.30. The highest BCUT2D eigenvalue weighted by Gasteiger charge is 2.27. The third-order valence-electron chi connectivity index (χ3n) is 9.07. The second-order valence-corrected chi connectivity index (χ2v) is 26.7. The minimum atomic E-state index is -1.24. The molecule has 46 heavy (non-hydrogen) atoms. The summed E-state index contributed by atoms with van der Waals surface area (Å²) in [4.78, 5) is 18.8. The maximum absolute atomic E-state index is 11.4. The maximum atomic E-state index is 11.4. The molecule has 5 rings (SSSR count). The molecule has 0 unspecified atom stereocenters. The topological polar surface area (TPSA) is 89.2 Å². The molecule has 0 atom stereocenters. The highest BCUT2D eigenvalue weighted by molar-refractivity contribution is 6.76. The van der Waals surface area contributed by atoms with Crippen LogP contribution < -0.4 is 4.90 Å². The highest BCUT2D eigenvalue weighted by Crippen LogP contribution is 2.39. The molecule has 0 bridgehead atoms. The number of ether oxygens (including phenoxy) is 2. The van der Waals surface area contributed by atoms with Gasteiger partial charge in [-0.05, 0) is 66.1 Å². The molecule has 1 aliphatic carbocycles. The van der Waals surface area contributed by atoms with E-state index in [1.807, 2.05) is 10.7 Å². The zero-order chi connectivity index (χ0) is 32.9. The molecule has 2 heterocycles. The van der Waals surface area contributed by atoms with E-state index in [-0.39, 0.29) is 18.3 Å². The van der Waals surface area contributed by atoms with Crippen LogP contribution in [0.3, 0.4) is 0 Å². The van der Waals surface area contributed by atoms with Crippen LogP contribution in [0.1, 0.15) is 43.7 Å². The monoisotopic (exact) mass is 660 g/mol. The SMILES string of the molecule is C[Si](C)(C)CCOCN(COCC[Si](C)(C)C)c1cc(C2CCC(CC(=O)O)CC2)nc2c(-c3ccc4ccccc4c3)cnn12. The summed E-state index contributed by atoms with van der Waals surface area (Å²) in [5, 5.41) is 16.7. The van der Waals surface area contributed by atoms with Crippen molar-refractivity contribution in [2.24, 2.45) is 5.92 Å². The predicted molar refractivity (Wildman–Crippen MR) is 193 cm³/mol. The zero-order valence-electron chi connectivity index (χ0n) is 28.6. The van der Waals surface area contributed by atoms with E-state index in [0.29, 0.717) is 13.5 Å². The first kappa shape index (κ1) is 34.3. The van der Waals surface area contributed by atoms with Crippen molar-refractivity contribution in [1.29, 1.82) is 0 Å². The van der Waals surface area contributed by atoms with Gasteiger partial charge in [-0.2, -0.15) is 9.61 Å². The Bertz CT molecular complexity index is 1600. The van der Waals surface area contributed by atoms with Crippen LogP contribution in [0, 0.1) is 5.92 Å². The molecule has 4 aromatic rings. The van der Waals surface area contributed by atoms with Crippen molar-refractivity contribution in [2.45, 2.75) is 89.4 Å². The van der Waals surface area contributed by atoms with Crippen molar-refractivity contribution in [3.8, 4) is 11.1 Å². The van der Waals surface area contributed by atoms with Crippen LogP contribution in [0.4, 0.5) is 5.82 Å². The van der Waals surface area contributed by atoms with E-state index in [9.17, 15) is 9.90 Å². The first-order chi connectivity index (χ1) is 21.9. The summed E-state index contributed by atoms with van der Waals surface area (Å²) in [6, 6.07) is 19.3. The van der Waals surface area contributed by atoms with Crippen LogP contribution in [0.25, 0.3) is 27.5 Å². The summed E-state index contributed by atoms with van der Waals surface area (Å²) in [6.45, 7) is 16.5. The van der Waals surface area contributed by atoms with Gasteiger partial charge in [-0.1, -0.05) is 75.7 Å². The lowest BCUT2D eigenvalue weighted by atomic mass is 9.79. The number of aliphatic carboxylic acids is 1. The Labute approximate surface area is 276 Å². The van der Waals surface area contributed by atoms with E-state index in [0.717, 1.165) is 79.3 Å². The summed E-state index contributed by atoms with van der Waals surface area (Å²) in [5.41, 5.74) is 3.93. The standard InChI is InChI=1S/C36H52N4O4Si2/c1-45(2,3)19-17-43-25-39(26-44-18-20-46(4,5)6)34-23-33(29-13-11-27(12-14-29)21-35(41)42)38-36-32(24-37-40(34)36)31-16-15-28-9-7-8-10-30(28)22-31/h7-10,15-16,22-24,27,29H,11-14,17-21,25-26H2,1-6H3,(H,41,42). The molecule has 1 saturated carbocycles. The van der Waals surface area contributed by atoms with E-state index in [1.54, 1.807) is 0 Å². The summed E-state index contributed by atoms with van der Waals surface area (Å²) >= 11 is 0. The van der Waals surface area contributed by atoms with Gasteiger partial charge >= 0.3 is 5.97 Å². The second-order valence-electron chi connectivity index (χ2n) is 15.4. The lowest BCUT2D eigenvalue weighted by Crippen LogP contribution is -2.33. The first-order valence-corrected chi connectivity index (χ1v) is 24.3. The average molecular weight is 661 g/mol. The third kappa shape index (κ3) is 9.27. The van der Waals surface area contributed by atoms with Gasteiger partial charge in [0.2, 0.25) is 0 Å². The van der Waals surface area contributed by atoms with E-state index >= 15 is 0 Å². The summed E-state index contributed by atoms with van der Waals surface area (Å²) in [5.74, 6) is 0.705. The molecule has 1 N–H and O–H groups in total. The number of nitrogens with zero attached hydrogens (tertiary/aromatic N) is 4. The average Bonchev–Trinajstić information content (AvgIpc) is 3.43. The molecule has 10 heteroatoms. The number of rotatable bonds is 15. The Morgan fingerprint density at radius 3 is 2.13 bits per heavy atom. The van der Waals surface area contributed by atoms with Crippen molar-refractivity contribution in [1.82, 2.24) is 14.6 Å². The minimum Gasteiger partial charge on any atom is -0.481 e. The van der Waals surface area contributed by atoms with Gasteiger partial charge in [0.1, 0.15) is 19.3 Å². The third-order valence-corrected chi connectivity index (χ3v) is 12.5. The molecule has 0 spiro atoms. The number of hydrogen-bond donors (Lipinski definition) is 1. The number of carbonyl (C=O) groups is 1. The van der Waals surface area contributed by atoms with E-state index < -0.39 is 22.1 Å². The van der Waals surface area contributed by atoms with Crippen molar-refractivity contribution in [2.75, 3.05) is 31.6 Å². The van der Waals surface area contributed by atoms with Gasteiger partial charge in [-0.25, -0.2) is 4.98 Å². The number of benzene rings is 2. The molecule has 2 aromatic carbocycles. The number of carboxylic acid groups (broad SMARTS) is 1. The molecule has 1 fully saturated rings. The van der Waals surface area contributed by atoms with Crippen molar-refractivity contribution < 1.29 is 19.4 Å². The van der Waals surface area contributed by atoms with Gasteiger partial charge in [0.15, 0.2) is 5.65 Å². The van der Waals surface area contributed by atoms with E-state index in [2.05, 4.69) is 92.7 Å². The van der Waals surface area contributed by atoms with Crippen LogP contribution in [-0.4, -0.2) is 68.5 Å². The highest BCUT2D eigenvalue weighted by atomic mass is 28.3. The molecular weight excluding hydrogens is 609 g/mol. The number of anilines is 1. The Balaban J connectivity index is 1.52. The number of aromatic nitrogens is 3. The van der Waals surface area contributed by atoms with Gasteiger partial charge in [-0.3, -0.25) is 4.79 Å². The number of carboxylic acids is 1. The van der Waals surface area contributed by atoms with Crippen molar-refractivity contribution in [3.05, 3.63) is 60.4 Å². The fourth-order valence-electron chi connectivity index (χ4n) is 6.15. The minimum absolute atomic E-state index is 0.233. The molecule has 0 amide bonds. The van der Waals surface area contributed by atoms with Crippen LogP contribution in [-0.2, 0) is 14.3 Å². The second kappa shape index (κ2) is 14.8. The normalized spacial score (nSPS) is 17.5. The first-order valence-electron chi connectivity index (χ1n) is 16.9. The number of hydrogen-bond acceptors (Lipinski definition) is 6. The van der Waals surface area contributed by atoms with E-state index in [4.69, 9.17) is 19.6 Å². The fourth-order valence-corrected chi connectivity index (χ4v) is 7.66. The molecule has 2 aromatic heterocycles. The Hall–Kier alpha value is -3.06. The van der Waals surface area contributed by atoms with Crippen LogP contribution in [0.15, 0.2) is 54.7 Å². The molecule has 248 valence electrons. The van der Waals surface area contributed by atoms with Crippen molar-refractivity contribution in [3.63, 3.8) is 0 Å². The molecule has 0 radical (unpaired) electrons. The van der Waals surface area contributed by atoms with Gasteiger partial charge in [0, 0.05) is 59.0 Å². The summed E-state index contributed by atoms with van der Waals surface area (Å²) in [6.07, 6.45) is 5.84. The number of fused-ring (bicyclic) bond motifs is 2. The fraction of sp³-hybridized carbons (Fsp3) is 0.528. The molecular formula is C36H52N4O4Si2. The Kier molecular flexibility index (Phi) is 11.0. The smallest absolute Gasteiger partial charge is 0.303 e. The molecule has 8 nitrogen and oxygen atoms in total. The Morgan fingerprint density at radius 1 is 0.891 bits per heavy atom. The van der Waals surface area contributed by atoms with Gasteiger partial charge < -0.3 is 19.5 Å². The van der Waals surface area contributed by atoms with Gasteiger partial charge in [0.25, 0.3) is 0 Å². The van der Waals surface area contributed by atoms with Crippen LogP contribution in [0.5, 0.6) is 0 Å². The molecule has 0 aliphatic heterocycles. The zero-order valence-corrected chi connectivity index (χ0v) is 30.6. The summed E-state index contributed by atoms with van der Waals surface area (Å²) in [7, 11) is -2.48. The van der Waals surface area contributed by atoms with Crippen molar-refractivity contribution >= 4 is 44.4 Å². The van der Waals surface area contributed by atoms with Crippen LogP contribution >= 0.6 is 0 Å². The van der Waals surface area contributed by atoms with Crippen LogP contribution in [0.2, 0.25) is 51.4 Å². The lowest BCUT2D eigenvalue weighted by molar-refractivity contribution is -0.138. The quantitative estimate of drug-likeness (QED) is 0.0775. The van der Waals surface area contributed by atoms with Gasteiger partial charge in [-0.15, -0.1) is 0 Å². The summed E-state index contributed by atoms with van der Waals surface area (Å²) < 4.78 is 14.6. The predicted octanol–water partition coefficient (Wildman–Crippen LogP) is 8.73. The molecule has 0 saturated heterocycles. The Morgan fingerprint density at radius 2 is 1.52 bits per heavy atom. The van der Waals surface area contributed by atoms with Gasteiger partial charge in [0.05, 0.1) is 6.20 Å². The molecule has 1 aliphatic rings. The van der Waals surface area contributed by atoms with E-state index in [1.165, 1.54) is 10.8 Å². The largest absolute Gasteiger partial charge is 0.481 e. The maximum Gasteiger partial charge on any atom is 0.303 e.